The zero-order valence-corrected chi connectivity index (χ0v) is 20.4. The maximum atomic E-state index is 5.19. The molecule has 0 fully saturated rings. The third kappa shape index (κ3) is 11.2. The van der Waals surface area contributed by atoms with E-state index in [2.05, 4.69) is 78.3 Å². The summed E-state index contributed by atoms with van der Waals surface area (Å²) in [6, 6.07) is 0. The van der Waals surface area contributed by atoms with Crippen molar-refractivity contribution in [2.75, 3.05) is 58.9 Å². The fraction of sp³-hybridized carbons (Fsp3) is 0.800. The fourth-order valence-corrected chi connectivity index (χ4v) is 3.67. The Hall–Kier alpha value is 0.680. The van der Waals surface area contributed by atoms with Crippen molar-refractivity contribution < 1.29 is 0 Å². The normalized spacial score (nSPS) is 10.7. The minimum Gasteiger partial charge on any atom is -0.357 e. The second-order valence-electron chi connectivity index (χ2n) is 5.43. The van der Waals surface area contributed by atoms with Gasteiger partial charge in [0.25, 0.3) is 0 Å². The lowest BCUT2D eigenvalue weighted by Gasteiger charge is -2.31. The van der Waals surface area contributed by atoms with Crippen molar-refractivity contribution in [2.45, 2.75) is 20.8 Å². The molecule has 0 rings (SSSR count). The van der Waals surface area contributed by atoms with E-state index in [4.69, 9.17) is 36.7 Å². The van der Waals surface area contributed by atoms with Crippen molar-refractivity contribution in [3.8, 4) is 0 Å². The molecule has 10 heteroatoms. The molecule has 0 atom stereocenters. The molecule has 0 unspecified atom stereocenters. The molecule has 0 aromatic heterocycles. The first-order valence-corrected chi connectivity index (χ1v) is 11.0. The molecular formula is C15H30N4S6. The van der Waals surface area contributed by atoms with Gasteiger partial charge in [0.2, 0.25) is 0 Å². The average Bonchev–Trinajstić information content (AvgIpc) is 2.54. The summed E-state index contributed by atoms with van der Waals surface area (Å²) in [4.78, 5) is 8.67. The van der Waals surface area contributed by atoms with Crippen molar-refractivity contribution in [3.63, 3.8) is 0 Å². The molecule has 0 aliphatic heterocycles. The Bertz CT molecular complexity index is 372. The minimum atomic E-state index is 0.640. The van der Waals surface area contributed by atoms with E-state index in [9.17, 15) is 0 Å². The number of thiol groups is 3. The van der Waals surface area contributed by atoms with Crippen LogP contribution in [0.1, 0.15) is 20.8 Å². The Morgan fingerprint density at radius 2 is 0.800 bits per heavy atom. The standard InChI is InChI=1S/C15H30N4S6/c1-4-17(13(20)21)10-7-16(8-11-18(5-2)14(22)23)9-12-19(6-3)15(24)25/h4-12H2,1-3H3,(H,20,21)(H,22,23)(H,24,25). The summed E-state index contributed by atoms with van der Waals surface area (Å²) >= 11 is 28.5. The van der Waals surface area contributed by atoms with Gasteiger partial charge in [-0.15, -0.1) is 37.9 Å². The Labute approximate surface area is 185 Å². The highest BCUT2D eigenvalue weighted by molar-refractivity contribution is 8.11. The Morgan fingerprint density at radius 1 is 0.560 bits per heavy atom. The molecule has 0 N–H and O–H groups in total. The number of nitrogens with zero attached hydrogens (tertiary/aromatic N) is 4. The molecule has 25 heavy (non-hydrogen) atoms. The second kappa shape index (κ2) is 14.7. The van der Waals surface area contributed by atoms with E-state index in [0.717, 1.165) is 58.9 Å². The lowest BCUT2D eigenvalue weighted by Crippen LogP contribution is -2.44. The SMILES string of the molecule is CCN(CCN(CCN(CC)C(=S)S)CCN(CC)C(=S)S)C(=S)S. The minimum absolute atomic E-state index is 0.640. The molecule has 0 aliphatic rings. The molecule has 4 nitrogen and oxygen atoms in total. The number of rotatable bonds is 12. The molecule has 0 saturated carbocycles. The zero-order valence-electron chi connectivity index (χ0n) is 15.2. The van der Waals surface area contributed by atoms with Gasteiger partial charge in [0, 0.05) is 58.9 Å². The van der Waals surface area contributed by atoms with Crippen LogP contribution in [0.15, 0.2) is 0 Å². The second-order valence-corrected chi connectivity index (χ2v) is 8.77. The molecule has 146 valence electrons. The molecule has 0 spiro atoms. The van der Waals surface area contributed by atoms with Crippen LogP contribution in [-0.4, -0.2) is 91.5 Å². The van der Waals surface area contributed by atoms with E-state index >= 15 is 0 Å². The fourth-order valence-electron chi connectivity index (χ4n) is 2.29. The molecule has 0 heterocycles. The molecule has 0 radical (unpaired) electrons. The van der Waals surface area contributed by atoms with Crippen LogP contribution in [0, 0.1) is 0 Å². The van der Waals surface area contributed by atoms with Gasteiger partial charge in [-0.25, -0.2) is 0 Å². The van der Waals surface area contributed by atoms with Crippen LogP contribution in [0.5, 0.6) is 0 Å². The van der Waals surface area contributed by atoms with Gasteiger partial charge in [0.05, 0.1) is 0 Å². The quantitative estimate of drug-likeness (QED) is 0.303. The molecule has 0 amide bonds. The molecule has 0 aliphatic carbocycles. The maximum absolute atomic E-state index is 5.19. The molecule has 0 bridgehead atoms. The Morgan fingerprint density at radius 3 is 0.960 bits per heavy atom. The van der Waals surface area contributed by atoms with E-state index in [1.165, 1.54) is 0 Å². The summed E-state index contributed by atoms with van der Waals surface area (Å²) in [5.41, 5.74) is 0. The summed E-state index contributed by atoms with van der Waals surface area (Å²) in [6.07, 6.45) is 0. The summed E-state index contributed by atoms with van der Waals surface area (Å²) in [5.74, 6) is 0. The Balaban J connectivity index is 4.76. The lowest BCUT2D eigenvalue weighted by atomic mass is 10.3. The lowest BCUT2D eigenvalue weighted by molar-refractivity contribution is 0.218. The van der Waals surface area contributed by atoms with E-state index in [0.29, 0.717) is 13.0 Å². The highest BCUT2D eigenvalue weighted by atomic mass is 32.1. The third-order valence-electron chi connectivity index (χ3n) is 4.02. The molecule has 0 aromatic rings. The first-order chi connectivity index (χ1) is 11.8. The van der Waals surface area contributed by atoms with Gasteiger partial charge < -0.3 is 14.7 Å². The maximum Gasteiger partial charge on any atom is 0.133 e. The van der Waals surface area contributed by atoms with Crippen LogP contribution < -0.4 is 0 Å². The molecule has 0 aromatic carbocycles. The van der Waals surface area contributed by atoms with Gasteiger partial charge >= 0.3 is 0 Å². The zero-order chi connectivity index (χ0) is 19.4. The smallest absolute Gasteiger partial charge is 0.133 e. The Kier molecular flexibility index (Phi) is 15.1. The van der Waals surface area contributed by atoms with Gasteiger partial charge in [0.1, 0.15) is 13.0 Å². The van der Waals surface area contributed by atoms with Gasteiger partial charge in [-0.2, -0.15) is 0 Å². The van der Waals surface area contributed by atoms with Crippen molar-refractivity contribution >= 4 is 87.5 Å². The summed E-state index contributed by atoms with van der Waals surface area (Å²) in [6.45, 7) is 14.1. The summed E-state index contributed by atoms with van der Waals surface area (Å²) in [7, 11) is 0. The number of thiocarbonyl (C=S) groups is 3. The predicted molar refractivity (Wildman–Crippen MR) is 133 cm³/mol. The highest BCUT2D eigenvalue weighted by Gasteiger charge is 2.13. The van der Waals surface area contributed by atoms with Gasteiger partial charge in [-0.05, 0) is 20.8 Å². The topological polar surface area (TPSA) is 13.0 Å². The largest absolute Gasteiger partial charge is 0.357 e. The van der Waals surface area contributed by atoms with Crippen LogP contribution in [0.2, 0.25) is 0 Å². The van der Waals surface area contributed by atoms with E-state index in [1.54, 1.807) is 0 Å². The summed E-state index contributed by atoms with van der Waals surface area (Å²) in [5, 5.41) is 0. The van der Waals surface area contributed by atoms with Crippen molar-refractivity contribution in [1.29, 1.82) is 0 Å². The van der Waals surface area contributed by atoms with Crippen LogP contribution in [0.3, 0.4) is 0 Å². The first kappa shape index (κ1) is 25.7. The average molecular weight is 459 g/mol. The first-order valence-electron chi connectivity index (χ1n) is 8.42. The molecule has 0 saturated heterocycles. The number of likely N-dealkylation sites (N-methyl/N-ethyl adjacent to an activating group) is 3. The van der Waals surface area contributed by atoms with Gasteiger partial charge in [-0.1, -0.05) is 36.7 Å². The monoisotopic (exact) mass is 458 g/mol. The third-order valence-corrected chi connectivity index (χ3v) is 5.64. The van der Waals surface area contributed by atoms with Crippen LogP contribution >= 0.6 is 74.5 Å². The van der Waals surface area contributed by atoms with Crippen LogP contribution in [0.25, 0.3) is 0 Å². The molecular weight excluding hydrogens is 429 g/mol. The highest BCUT2D eigenvalue weighted by Crippen LogP contribution is 2.03. The van der Waals surface area contributed by atoms with E-state index < -0.39 is 0 Å². The summed E-state index contributed by atoms with van der Waals surface area (Å²) < 4.78 is 1.92. The van der Waals surface area contributed by atoms with Crippen molar-refractivity contribution in [3.05, 3.63) is 0 Å². The van der Waals surface area contributed by atoms with E-state index in [1.807, 2.05) is 0 Å². The van der Waals surface area contributed by atoms with Crippen LogP contribution in [0.4, 0.5) is 0 Å². The van der Waals surface area contributed by atoms with Crippen molar-refractivity contribution in [2.24, 2.45) is 0 Å². The van der Waals surface area contributed by atoms with Gasteiger partial charge in [-0.3, -0.25) is 4.90 Å². The van der Waals surface area contributed by atoms with Crippen molar-refractivity contribution in [1.82, 2.24) is 19.6 Å². The number of hydrogen-bond donors (Lipinski definition) is 3. The van der Waals surface area contributed by atoms with Crippen LogP contribution in [-0.2, 0) is 0 Å². The van der Waals surface area contributed by atoms with E-state index in [-0.39, 0.29) is 0 Å². The number of hydrogen-bond acceptors (Lipinski definition) is 4. The predicted octanol–water partition coefficient (Wildman–Crippen LogP) is 2.90. The van der Waals surface area contributed by atoms with Gasteiger partial charge in [0.15, 0.2) is 0 Å².